The highest BCUT2D eigenvalue weighted by Crippen LogP contribution is 2.33. The van der Waals surface area contributed by atoms with E-state index < -0.39 is 0 Å². The first-order chi connectivity index (χ1) is 9.56. The average molecular weight is 314 g/mol. The monoisotopic (exact) mass is 313 g/mol. The summed E-state index contributed by atoms with van der Waals surface area (Å²) < 4.78 is 0. The van der Waals surface area contributed by atoms with Crippen molar-refractivity contribution in [1.82, 2.24) is 10.2 Å². The molecule has 1 aromatic carbocycles. The van der Waals surface area contributed by atoms with Gasteiger partial charge in [0.05, 0.1) is 16.8 Å². The van der Waals surface area contributed by atoms with Crippen molar-refractivity contribution in [3.63, 3.8) is 0 Å². The minimum atomic E-state index is -0.0992. The molecule has 2 N–H and O–H groups in total. The number of likely N-dealkylation sites (tertiary alicyclic amines) is 1. The van der Waals surface area contributed by atoms with Crippen LogP contribution in [-0.4, -0.2) is 36.1 Å². The number of rotatable bonds is 1. The second-order valence-corrected chi connectivity index (χ2v) is 6.38. The maximum Gasteiger partial charge on any atom is 0.322 e. The van der Waals surface area contributed by atoms with Gasteiger partial charge in [0.2, 0.25) is 0 Å². The van der Waals surface area contributed by atoms with Crippen molar-refractivity contribution in [1.29, 1.82) is 0 Å². The molecule has 2 fully saturated rings. The van der Waals surface area contributed by atoms with E-state index >= 15 is 0 Å². The highest BCUT2D eigenvalue weighted by atomic mass is 35.5. The Bertz CT molecular complexity index is 537. The molecule has 20 heavy (non-hydrogen) atoms. The smallest absolute Gasteiger partial charge is 0.317 e. The van der Waals surface area contributed by atoms with Gasteiger partial charge in [-0.1, -0.05) is 23.2 Å². The lowest BCUT2D eigenvalue weighted by molar-refractivity contribution is 0.190. The van der Waals surface area contributed by atoms with Crippen molar-refractivity contribution < 1.29 is 4.79 Å². The summed E-state index contributed by atoms with van der Waals surface area (Å²) in [4.78, 5) is 14.4. The second-order valence-electron chi connectivity index (χ2n) is 5.53. The highest BCUT2D eigenvalue weighted by Gasteiger charge is 2.44. The van der Waals surface area contributed by atoms with Gasteiger partial charge in [0.25, 0.3) is 0 Å². The van der Waals surface area contributed by atoms with Gasteiger partial charge < -0.3 is 15.5 Å². The molecular formula is C14H17Cl2N3O. The van der Waals surface area contributed by atoms with E-state index in [4.69, 9.17) is 23.2 Å². The molecule has 0 spiro atoms. The van der Waals surface area contributed by atoms with Crippen molar-refractivity contribution in [2.24, 2.45) is 5.92 Å². The van der Waals surface area contributed by atoms with Gasteiger partial charge in [0, 0.05) is 24.2 Å². The minimum absolute atomic E-state index is 0.0992. The van der Waals surface area contributed by atoms with Crippen LogP contribution in [0, 0.1) is 5.92 Å². The zero-order chi connectivity index (χ0) is 14.3. The Labute approximate surface area is 128 Å². The molecule has 2 heterocycles. The SMILES string of the molecule is CC1CC2CNCC2N1C(=O)Nc1cc(Cl)ccc1Cl. The average Bonchev–Trinajstić information content (AvgIpc) is 2.93. The fourth-order valence-electron chi connectivity index (χ4n) is 3.29. The van der Waals surface area contributed by atoms with Gasteiger partial charge in [-0.2, -0.15) is 0 Å². The van der Waals surface area contributed by atoms with E-state index in [0.29, 0.717) is 21.7 Å². The molecular weight excluding hydrogens is 297 g/mol. The molecule has 2 saturated heterocycles. The molecule has 0 bridgehead atoms. The second kappa shape index (κ2) is 5.43. The van der Waals surface area contributed by atoms with Crippen LogP contribution in [0.1, 0.15) is 13.3 Å². The van der Waals surface area contributed by atoms with E-state index in [2.05, 4.69) is 17.6 Å². The van der Waals surface area contributed by atoms with Gasteiger partial charge in [-0.3, -0.25) is 0 Å². The van der Waals surface area contributed by atoms with Crippen molar-refractivity contribution in [3.05, 3.63) is 28.2 Å². The molecule has 2 aliphatic heterocycles. The number of hydrogen-bond donors (Lipinski definition) is 2. The first-order valence-corrected chi connectivity index (χ1v) is 7.57. The third-order valence-electron chi connectivity index (χ3n) is 4.18. The number of halogens is 2. The maximum atomic E-state index is 12.5. The number of fused-ring (bicyclic) bond motifs is 1. The summed E-state index contributed by atoms with van der Waals surface area (Å²) in [5, 5.41) is 7.28. The lowest BCUT2D eigenvalue weighted by Crippen LogP contribution is -2.45. The molecule has 2 amide bonds. The van der Waals surface area contributed by atoms with E-state index in [1.54, 1.807) is 18.2 Å². The summed E-state index contributed by atoms with van der Waals surface area (Å²) in [5.74, 6) is 0.561. The van der Waals surface area contributed by atoms with E-state index in [0.717, 1.165) is 19.5 Å². The van der Waals surface area contributed by atoms with E-state index in [1.807, 2.05) is 4.90 Å². The molecule has 2 aliphatic rings. The fourth-order valence-corrected chi connectivity index (χ4v) is 3.62. The number of amides is 2. The van der Waals surface area contributed by atoms with Crippen LogP contribution in [0.25, 0.3) is 0 Å². The molecule has 3 rings (SSSR count). The Morgan fingerprint density at radius 2 is 2.20 bits per heavy atom. The maximum absolute atomic E-state index is 12.5. The van der Waals surface area contributed by atoms with E-state index in [9.17, 15) is 4.79 Å². The Balaban J connectivity index is 1.77. The van der Waals surface area contributed by atoms with Crippen LogP contribution in [0.15, 0.2) is 18.2 Å². The molecule has 108 valence electrons. The number of carbonyl (C=O) groups excluding carboxylic acids is 1. The van der Waals surface area contributed by atoms with Crippen LogP contribution in [-0.2, 0) is 0 Å². The molecule has 0 aromatic heterocycles. The minimum Gasteiger partial charge on any atom is -0.317 e. The number of benzene rings is 1. The largest absolute Gasteiger partial charge is 0.322 e. The Morgan fingerprint density at radius 3 is 3.00 bits per heavy atom. The quantitative estimate of drug-likeness (QED) is 0.836. The summed E-state index contributed by atoms with van der Waals surface area (Å²) in [7, 11) is 0. The number of carbonyl (C=O) groups is 1. The van der Waals surface area contributed by atoms with Crippen LogP contribution >= 0.6 is 23.2 Å². The Hall–Kier alpha value is -0.970. The molecule has 0 saturated carbocycles. The van der Waals surface area contributed by atoms with E-state index in [1.165, 1.54) is 0 Å². The van der Waals surface area contributed by atoms with Crippen molar-refractivity contribution in [2.75, 3.05) is 18.4 Å². The number of anilines is 1. The van der Waals surface area contributed by atoms with Crippen LogP contribution in [0.2, 0.25) is 10.0 Å². The summed E-state index contributed by atoms with van der Waals surface area (Å²) >= 11 is 12.0. The number of nitrogens with zero attached hydrogens (tertiary/aromatic N) is 1. The topological polar surface area (TPSA) is 44.4 Å². The molecule has 0 radical (unpaired) electrons. The van der Waals surface area contributed by atoms with Crippen LogP contribution in [0.5, 0.6) is 0 Å². The summed E-state index contributed by atoms with van der Waals surface area (Å²) in [6.07, 6.45) is 1.05. The van der Waals surface area contributed by atoms with Crippen molar-refractivity contribution in [3.8, 4) is 0 Å². The predicted octanol–water partition coefficient (Wildman–Crippen LogP) is 3.21. The third-order valence-corrected chi connectivity index (χ3v) is 4.75. The Kier molecular flexibility index (Phi) is 3.80. The molecule has 3 atom stereocenters. The van der Waals surface area contributed by atoms with Crippen LogP contribution < -0.4 is 10.6 Å². The fraction of sp³-hybridized carbons (Fsp3) is 0.500. The summed E-state index contributed by atoms with van der Waals surface area (Å²) in [6, 6.07) is 5.50. The van der Waals surface area contributed by atoms with Crippen LogP contribution in [0.4, 0.5) is 10.5 Å². The van der Waals surface area contributed by atoms with Gasteiger partial charge in [0.1, 0.15) is 0 Å². The number of nitrogens with one attached hydrogen (secondary N) is 2. The van der Waals surface area contributed by atoms with Crippen molar-refractivity contribution >= 4 is 34.9 Å². The highest BCUT2D eigenvalue weighted by molar-refractivity contribution is 6.35. The van der Waals surface area contributed by atoms with Crippen LogP contribution in [0.3, 0.4) is 0 Å². The molecule has 3 unspecified atom stereocenters. The summed E-state index contributed by atoms with van der Waals surface area (Å²) in [5.41, 5.74) is 0.561. The molecule has 0 aliphatic carbocycles. The van der Waals surface area contributed by atoms with Gasteiger partial charge in [-0.25, -0.2) is 4.79 Å². The zero-order valence-electron chi connectivity index (χ0n) is 11.2. The van der Waals surface area contributed by atoms with Gasteiger partial charge >= 0.3 is 6.03 Å². The summed E-state index contributed by atoms with van der Waals surface area (Å²) in [6.45, 7) is 3.96. The van der Waals surface area contributed by atoms with Crippen molar-refractivity contribution in [2.45, 2.75) is 25.4 Å². The molecule has 6 heteroatoms. The molecule has 4 nitrogen and oxygen atoms in total. The Morgan fingerprint density at radius 1 is 1.40 bits per heavy atom. The van der Waals surface area contributed by atoms with Gasteiger partial charge in [-0.05, 0) is 37.5 Å². The lowest BCUT2D eigenvalue weighted by Gasteiger charge is -2.28. The first-order valence-electron chi connectivity index (χ1n) is 6.81. The number of hydrogen-bond acceptors (Lipinski definition) is 2. The van der Waals surface area contributed by atoms with Gasteiger partial charge in [0.15, 0.2) is 0 Å². The zero-order valence-corrected chi connectivity index (χ0v) is 12.7. The predicted molar refractivity (Wildman–Crippen MR) is 81.5 cm³/mol. The van der Waals surface area contributed by atoms with E-state index in [-0.39, 0.29) is 18.1 Å². The normalized spacial score (nSPS) is 28.6. The van der Waals surface area contributed by atoms with Gasteiger partial charge in [-0.15, -0.1) is 0 Å². The standard InChI is InChI=1S/C14H17Cl2N3O/c1-8-4-9-6-17-7-13(9)19(8)14(20)18-12-5-10(15)2-3-11(12)16/h2-3,5,8-9,13,17H,4,6-7H2,1H3,(H,18,20). The third kappa shape index (κ3) is 2.48. The first kappa shape index (κ1) is 14.0. The molecule has 1 aromatic rings. The lowest BCUT2D eigenvalue weighted by atomic mass is 10.0. The number of urea groups is 1.